The first-order valence-electron chi connectivity index (χ1n) is 4.48. The lowest BCUT2D eigenvalue weighted by Crippen LogP contribution is -2.53. The minimum absolute atomic E-state index is 0.152. The van der Waals surface area contributed by atoms with Crippen molar-refractivity contribution in [1.29, 1.82) is 0 Å². The predicted octanol–water partition coefficient (Wildman–Crippen LogP) is -0.914. The van der Waals surface area contributed by atoms with Gasteiger partial charge in [-0.3, -0.25) is 15.1 Å². The van der Waals surface area contributed by atoms with Gasteiger partial charge in [0, 0.05) is 12.1 Å². The summed E-state index contributed by atoms with van der Waals surface area (Å²) in [6.07, 6.45) is 0. The molecule has 76 valence electrons. The van der Waals surface area contributed by atoms with Crippen molar-refractivity contribution >= 4 is 5.91 Å². The van der Waals surface area contributed by atoms with E-state index in [2.05, 4.69) is 10.3 Å². The number of rotatable bonds is 2. The zero-order chi connectivity index (χ0) is 9.84. The summed E-state index contributed by atoms with van der Waals surface area (Å²) < 4.78 is 5.33. The minimum atomic E-state index is -0.152. The van der Waals surface area contributed by atoms with E-state index in [0.29, 0.717) is 19.8 Å². The van der Waals surface area contributed by atoms with Crippen LogP contribution in [-0.2, 0) is 9.53 Å². The van der Waals surface area contributed by atoms with Gasteiger partial charge in [0.25, 0.3) is 0 Å². The zero-order valence-corrected chi connectivity index (χ0v) is 8.12. The Morgan fingerprint density at radius 3 is 2.54 bits per heavy atom. The summed E-state index contributed by atoms with van der Waals surface area (Å²) in [7, 11) is 0. The first kappa shape index (κ1) is 10.4. The van der Waals surface area contributed by atoms with Crippen LogP contribution in [0, 0.1) is 0 Å². The molecular formula is C8H17N3O2. The molecule has 0 aromatic carbocycles. The lowest BCUT2D eigenvalue weighted by Gasteiger charge is -2.37. The van der Waals surface area contributed by atoms with Crippen LogP contribution < -0.4 is 11.3 Å². The highest BCUT2D eigenvalue weighted by atomic mass is 16.5. The van der Waals surface area contributed by atoms with Crippen LogP contribution >= 0.6 is 0 Å². The van der Waals surface area contributed by atoms with Gasteiger partial charge in [-0.25, -0.2) is 5.84 Å². The molecule has 0 aromatic rings. The fourth-order valence-corrected chi connectivity index (χ4v) is 1.56. The van der Waals surface area contributed by atoms with Crippen LogP contribution in [0.5, 0.6) is 0 Å². The Labute approximate surface area is 78.2 Å². The molecule has 0 radical (unpaired) electrons. The summed E-state index contributed by atoms with van der Waals surface area (Å²) in [6, 6.07) is 0.557. The molecule has 1 amide bonds. The van der Waals surface area contributed by atoms with Gasteiger partial charge in [-0.05, 0) is 13.8 Å². The molecule has 0 aromatic heterocycles. The Balaban J connectivity index is 2.48. The van der Waals surface area contributed by atoms with E-state index in [1.807, 2.05) is 13.8 Å². The van der Waals surface area contributed by atoms with E-state index in [1.54, 1.807) is 0 Å². The van der Waals surface area contributed by atoms with Crippen LogP contribution in [0.4, 0.5) is 0 Å². The number of nitrogens with one attached hydrogen (secondary N) is 1. The maximum absolute atomic E-state index is 11.1. The molecule has 2 unspecified atom stereocenters. The number of nitrogens with two attached hydrogens (primary N) is 1. The van der Waals surface area contributed by atoms with E-state index in [1.165, 1.54) is 0 Å². The Kier molecular flexibility index (Phi) is 3.65. The second-order valence-electron chi connectivity index (χ2n) is 3.48. The molecule has 1 fully saturated rings. The van der Waals surface area contributed by atoms with Crippen molar-refractivity contribution in [3.63, 3.8) is 0 Å². The van der Waals surface area contributed by atoms with Crippen molar-refractivity contribution in [2.24, 2.45) is 5.84 Å². The maximum Gasteiger partial charge on any atom is 0.248 e. The maximum atomic E-state index is 11.1. The number of morpholine rings is 1. The molecular weight excluding hydrogens is 170 g/mol. The van der Waals surface area contributed by atoms with Gasteiger partial charge in [-0.2, -0.15) is 0 Å². The second kappa shape index (κ2) is 4.55. The Bertz CT molecular complexity index is 176. The molecule has 1 aliphatic heterocycles. The summed E-state index contributed by atoms with van der Waals surface area (Å²) in [5, 5.41) is 0. The van der Waals surface area contributed by atoms with Crippen LogP contribution in [0.3, 0.4) is 0 Å². The summed E-state index contributed by atoms with van der Waals surface area (Å²) in [5.74, 6) is 4.87. The highest BCUT2D eigenvalue weighted by Gasteiger charge is 2.26. The van der Waals surface area contributed by atoms with Crippen molar-refractivity contribution in [3.8, 4) is 0 Å². The van der Waals surface area contributed by atoms with E-state index in [-0.39, 0.29) is 18.0 Å². The molecule has 3 N–H and O–H groups in total. The third kappa shape index (κ3) is 2.65. The van der Waals surface area contributed by atoms with Crippen molar-refractivity contribution < 1.29 is 9.53 Å². The van der Waals surface area contributed by atoms with Crippen LogP contribution in [-0.4, -0.2) is 42.6 Å². The van der Waals surface area contributed by atoms with Crippen molar-refractivity contribution in [2.45, 2.75) is 25.9 Å². The van der Waals surface area contributed by atoms with Gasteiger partial charge in [-0.1, -0.05) is 0 Å². The fourth-order valence-electron chi connectivity index (χ4n) is 1.56. The molecule has 0 bridgehead atoms. The van der Waals surface area contributed by atoms with E-state index in [9.17, 15) is 4.79 Å². The standard InChI is InChI=1S/C8H17N3O2/c1-6-4-13-5-7(2)11(6)3-8(12)10-9/h6-7H,3-5,9H2,1-2H3,(H,10,12). The molecule has 1 rings (SSSR count). The van der Waals surface area contributed by atoms with Gasteiger partial charge < -0.3 is 4.74 Å². The van der Waals surface area contributed by atoms with E-state index in [4.69, 9.17) is 10.6 Å². The quantitative estimate of drug-likeness (QED) is 0.333. The largest absolute Gasteiger partial charge is 0.378 e. The number of nitrogens with zero attached hydrogens (tertiary/aromatic N) is 1. The lowest BCUT2D eigenvalue weighted by molar-refractivity contribution is -0.126. The predicted molar refractivity (Wildman–Crippen MR) is 48.8 cm³/mol. The topological polar surface area (TPSA) is 67.6 Å². The molecule has 1 heterocycles. The van der Waals surface area contributed by atoms with E-state index < -0.39 is 0 Å². The monoisotopic (exact) mass is 187 g/mol. The highest BCUT2D eigenvalue weighted by molar-refractivity contribution is 5.77. The average Bonchev–Trinajstić information content (AvgIpc) is 2.11. The van der Waals surface area contributed by atoms with Gasteiger partial charge in [0.1, 0.15) is 0 Å². The molecule has 1 saturated heterocycles. The third-order valence-electron chi connectivity index (χ3n) is 2.34. The average molecular weight is 187 g/mol. The summed E-state index contributed by atoms with van der Waals surface area (Å²) in [5.41, 5.74) is 2.13. The van der Waals surface area contributed by atoms with Gasteiger partial charge in [0.2, 0.25) is 5.91 Å². The van der Waals surface area contributed by atoms with Crippen molar-refractivity contribution in [1.82, 2.24) is 10.3 Å². The Morgan fingerprint density at radius 2 is 2.08 bits per heavy atom. The first-order chi connectivity index (χ1) is 6.15. The third-order valence-corrected chi connectivity index (χ3v) is 2.34. The Hall–Kier alpha value is -0.650. The normalized spacial score (nSPS) is 30.1. The van der Waals surface area contributed by atoms with Gasteiger partial charge in [-0.15, -0.1) is 0 Å². The summed E-state index contributed by atoms with van der Waals surface area (Å²) in [6.45, 7) is 5.80. The van der Waals surface area contributed by atoms with Gasteiger partial charge >= 0.3 is 0 Å². The summed E-state index contributed by atoms with van der Waals surface area (Å²) >= 11 is 0. The SMILES string of the molecule is CC1COCC(C)N1CC(=O)NN. The highest BCUT2D eigenvalue weighted by Crippen LogP contribution is 2.11. The van der Waals surface area contributed by atoms with Crippen LogP contribution in [0.15, 0.2) is 0 Å². The number of amides is 1. The molecule has 0 saturated carbocycles. The number of carbonyl (C=O) groups excluding carboxylic acids is 1. The minimum Gasteiger partial charge on any atom is -0.378 e. The smallest absolute Gasteiger partial charge is 0.248 e. The van der Waals surface area contributed by atoms with E-state index >= 15 is 0 Å². The molecule has 13 heavy (non-hydrogen) atoms. The van der Waals surface area contributed by atoms with Crippen LogP contribution in [0.2, 0.25) is 0 Å². The van der Waals surface area contributed by atoms with Crippen LogP contribution in [0.25, 0.3) is 0 Å². The zero-order valence-electron chi connectivity index (χ0n) is 8.12. The number of hydrogen-bond acceptors (Lipinski definition) is 4. The molecule has 0 aliphatic carbocycles. The molecule has 1 aliphatic rings. The summed E-state index contributed by atoms with van der Waals surface area (Å²) in [4.78, 5) is 13.1. The van der Waals surface area contributed by atoms with Gasteiger partial charge in [0.05, 0.1) is 19.8 Å². The number of ether oxygens (including phenoxy) is 1. The van der Waals surface area contributed by atoms with Gasteiger partial charge in [0.15, 0.2) is 0 Å². The molecule has 5 heteroatoms. The second-order valence-corrected chi connectivity index (χ2v) is 3.48. The van der Waals surface area contributed by atoms with Crippen LogP contribution in [0.1, 0.15) is 13.8 Å². The first-order valence-corrected chi connectivity index (χ1v) is 4.48. The molecule has 2 atom stereocenters. The Morgan fingerprint density at radius 1 is 1.54 bits per heavy atom. The lowest BCUT2D eigenvalue weighted by atomic mass is 10.2. The number of hydrazine groups is 1. The van der Waals surface area contributed by atoms with Crippen molar-refractivity contribution in [2.75, 3.05) is 19.8 Å². The number of carbonyl (C=O) groups is 1. The number of hydrogen-bond donors (Lipinski definition) is 2. The molecule has 0 spiro atoms. The van der Waals surface area contributed by atoms with Crippen molar-refractivity contribution in [3.05, 3.63) is 0 Å². The molecule has 5 nitrogen and oxygen atoms in total. The fraction of sp³-hybridized carbons (Fsp3) is 0.875. The van der Waals surface area contributed by atoms with E-state index in [0.717, 1.165) is 0 Å².